The first kappa shape index (κ1) is 15.4. The molecule has 0 saturated heterocycles. The Morgan fingerprint density at radius 1 is 1.05 bits per heavy atom. The normalized spacial score (nSPS) is 10.4. The number of carbonyl (C=O) groups is 2. The molecule has 2 aromatic carbocycles. The molecular weight excluding hydrogens is 285 g/mol. The summed E-state index contributed by atoms with van der Waals surface area (Å²) in [5, 5.41) is 2.49. The van der Waals surface area contributed by atoms with Crippen LogP contribution in [0.1, 0.15) is 5.56 Å². The van der Waals surface area contributed by atoms with Crippen LogP contribution in [0.3, 0.4) is 0 Å². The first-order chi connectivity index (χ1) is 10.6. The summed E-state index contributed by atoms with van der Waals surface area (Å²) in [4.78, 5) is 23.0. The summed E-state index contributed by atoms with van der Waals surface area (Å²) in [5.74, 6) is -1.50. The van der Waals surface area contributed by atoms with Gasteiger partial charge in [0.25, 0.3) is 5.91 Å². The van der Waals surface area contributed by atoms with Gasteiger partial charge in [-0.3, -0.25) is 4.79 Å². The number of nitrogens with one attached hydrogen (secondary N) is 1. The zero-order valence-electron chi connectivity index (χ0n) is 11.7. The lowest BCUT2D eigenvalue weighted by Crippen LogP contribution is -2.20. The molecule has 0 unspecified atom stereocenters. The molecule has 0 bridgehead atoms. The SMILES string of the molecule is O=C(COC(=O)C=Cc1ccccc1)Nc1ccc(F)cc1. The van der Waals surface area contributed by atoms with Crippen molar-refractivity contribution in [2.45, 2.75) is 0 Å². The van der Waals surface area contributed by atoms with Gasteiger partial charge >= 0.3 is 5.97 Å². The van der Waals surface area contributed by atoms with E-state index in [-0.39, 0.29) is 0 Å². The molecule has 22 heavy (non-hydrogen) atoms. The van der Waals surface area contributed by atoms with Gasteiger partial charge in [-0.1, -0.05) is 30.3 Å². The first-order valence-corrected chi connectivity index (χ1v) is 6.59. The summed E-state index contributed by atoms with van der Waals surface area (Å²) < 4.78 is 17.5. The number of ether oxygens (including phenoxy) is 1. The summed E-state index contributed by atoms with van der Waals surface area (Å²) in [6, 6.07) is 14.5. The predicted molar refractivity (Wildman–Crippen MR) is 81.5 cm³/mol. The molecule has 0 aliphatic heterocycles. The lowest BCUT2D eigenvalue weighted by atomic mass is 10.2. The van der Waals surface area contributed by atoms with Gasteiger partial charge in [0.1, 0.15) is 5.82 Å². The van der Waals surface area contributed by atoms with Crippen molar-refractivity contribution < 1.29 is 18.7 Å². The van der Waals surface area contributed by atoms with Gasteiger partial charge < -0.3 is 10.1 Å². The van der Waals surface area contributed by atoms with Gasteiger partial charge in [0, 0.05) is 11.8 Å². The summed E-state index contributed by atoms with van der Waals surface area (Å²) >= 11 is 0. The van der Waals surface area contributed by atoms with E-state index in [1.165, 1.54) is 30.3 Å². The maximum absolute atomic E-state index is 12.7. The van der Waals surface area contributed by atoms with E-state index in [2.05, 4.69) is 5.32 Å². The highest BCUT2D eigenvalue weighted by molar-refractivity contribution is 5.94. The van der Waals surface area contributed by atoms with Gasteiger partial charge in [0.15, 0.2) is 6.61 Å². The van der Waals surface area contributed by atoms with Crippen molar-refractivity contribution in [2.24, 2.45) is 0 Å². The fourth-order valence-electron chi connectivity index (χ4n) is 1.64. The summed E-state index contributed by atoms with van der Waals surface area (Å²) in [7, 11) is 0. The fraction of sp³-hybridized carbons (Fsp3) is 0.0588. The predicted octanol–water partition coefficient (Wildman–Crippen LogP) is 3.02. The molecule has 0 heterocycles. The Morgan fingerprint density at radius 3 is 2.41 bits per heavy atom. The van der Waals surface area contributed by atoms with Gasteiger partial charge in [-0.25, -0.2) is 9.18 Å². The van der Waals surface area contributed by atoms with E-state index in [1.807, 2.05) is 30.3 Å². The highest BCUT2D eigenvalue weighted by Gasteiger charge is 2.05. The van der Waals surface area contributed by atoms with Crippen molar-refractivity contribution in [1.29, 1.82) is 0 Å². The van der Waals surface area contributed by atoms with Crippen LogP contribution in [-0.4, -0.2) is 18.5 Å². The Balaban J connectivity index is 1.77. The Bertz CT molecular complexity index is 666. The lowest BCUT2D eigenvalue weighted by molar-refractivity contribution is -0.142. The van der Waals surface area contributed by atoms with Crippen LogP contribution in [0.15, 0.2) is 60.7 Å². The third-order valence-electron chi connectivity index (χ3n) is 2.68. The molecule has 0 spiro atoms. The number of benzene rings is 2. The second kappa shape index (κ2) is 7.73. The maximum Gasteiger partial charge on any atom is 0.331 e. The molecular formula is C17H14FNO3. The lowest BCUT2D eigenvalue weighted by Gasteiger charge is -2.05. The first-order valence-electron chi connectivity index (χ1n) is 6.59. The molecule has 0 fully saturated rings. The molecule has 1 N–H and O–H groups in total. The average molecular weight is 299 g/mol. The van der Waals surface area contributed by atoms with E-state index in [9.17, 15) is 14.0 Å². The van der Waals surface area contributed by atoms with E-state index in [4.69, 9.17) is 4.74 Å². The number of hydrogen-bond acceptors (Lipinski definition) is 3. The van der Waals surface area contributed by atoms with Gasteiger partial charge in [-0.05, 0) is 35.9 Å². The number of esters is 1. The smallest absolute Gasteiger partial charge is 0.331 e. The van der Waals surface area contributed by atoms with Crippen LogP contribution >= 0.6 is 0 Å². The summed E-state index contributed by atoms with van der Waals surface area (Å²) in [6.45, 7) is -0.407. The van der Waals surface area contributed by atoms with Crippen LogP contribution in [0.25, 0.3) is 6.08 Å². The minimum Gasteiger partial charge on any atom is -0.452 e. The second-order valence-corrected chi connectivity index (χ2v) is 4.41. The second-order valence-electron chi connectivity index (χ2n) is 4.41. The van der Waals surface area contributed by atoms with Crippen LogP contribution in [0.4, 0.5) is 10.1 Å². The highest BCUT2D eigenvalue weighted by Crippen LogP contribution is 2.08. The van der Waals surface area contributed by atoms with E-state index in [0.29, 0.717) is 5.69 Å². The minimum absolute atomic E-state index is 0.393. The molecule has 0 saturated carbocycles. The third kappa shape index (κ3) is 5.20. The molecule has 0 radical (unpaired) electrons. The van der Waals surface area contributed by atoms with E-state index >= 15 is 0 Å². The average Bonchev–Trinajstić information content (AvgIpc) is 2.54. The number of rotatable bonds is 5. The van der Waals surface area contributed by atoms with Gasteiger partial charge in [-0.15, -0.1) is 0 Å². The maximum atomic E-state index is 12.7. The zero-order chi connectivity index (χ0) is 15.8. The van der Waals surface area contributed by atoms with Crippen LogP contribution in [0, 0.1) is 5.82 Å². The fourth-order valence-corrected chi connectivity index (χ4v) is 1.64. The number of carbonyl (C=O) groups excluding carboxylic acids is 2. The van der Waals surface area contributed by atoms with Crippen molar-refractivity contribution in [3.63, 3.8) is 0 Å². The molecule has 0 aromatic heterocycles. The van der Waals surface area contributed by atoms with Crippen LogP contribution in [0.2, 0.25) is 0 Å². The van der Waals surface area contributed by atoms with Crippen molar-refractivity contribution in [1.82, 2.24) is 0 Å². The Hall–Kier alpha value is -2.95. The van der Waals surface area contributed by atoms with Crippen molar-refractivity contribution >= 4 is 23.6 Å². The van der Waals surface area contributed by atoms with Crippen molar-refractivity contribution in [2.75, 3.05) is 11.9 Å². The van der Waals surface area contributed by atoms with Crippen LogP contribution < -0.4 is 5.32 Å². The Morgan fingerprint density at radius 2 is 1.73 bits per heavy atom. The molecule has 112 valence electrons. The van der Waals surface area contributed by atoms with E-state index in [0.717, 1.165) is 5.56 Å². The van der Waals surface area contributed by atoms with Crippen LogP contribution in [-0.2, 0) is 14.3 Å². The highest BCUT2D eigenvalue weighted by atomic mass is 19.1. The number of halogens is 1. The van der Waals surface area contributed by atoms with Crippen LogP contribution in [0.5, 0.6) is 0 Å². The quantitative estimate of drug-likeness (QED) is 0.682. The molecule has 0 aliphatic rings. The zero-order valence-corrected chi connectivity index (χ0v) is 11.7. The van der Waals surface area contributed by atoms with Crippen molar-refractivity contribution in [3.05, 3.63) is 72.1 Å². The van der Waals surface area contributed by atoms with E-state index in [1.54, 1.807) is 6.08 Å². The summed E-state index contributed by atoms with van der Waals surface area (Å²) in [6.07, 6.45) is 2.85. The molecule has 0 atom stereocenters. The largest absolute Gasteiger partial charge is 0.452 e. The van der Waals surface area contributed by atoms with Gasteiger partial charge in [0.2, 0.25) is 0 Å². The number of hydrogen-bond donors (Lipinski definition) is 1. The standard InChI is InChI=1S/C17H14FNO3/c18-14-7-9-15(10-8-14)19-16(20)12-22-17(21)11-6-13-4-2-1-3-5-13/h1-11H,12H2,(H,19,20). The molecule has 4 nitrogen and oxygen atoms in total. The molecule has 5 heteroatoms. The number of amides is 1. The van der Waals surface area contributed by atoms with Gasteiger partial charge in [-0.2, -0.15) is 0 Å². The molecule has 2 rings (SSSR count). The molecule has 0 aliphatic carbocycles. The van der Waals surface area contributed by atoms with Crippen molar-refractivity contribution in [3.8, 4) is 0 Å². The minimum atomic E-state index is -0.613. The summed E-state index contributed by atoms with van der Waals surface area (Å²) in [5.41, 5.74) is 1.29. The topological polar surface area (TPSA) is 55.4 Å². The van der Waals surface area contributed by atoms with E-state index < -0.39 is 24.3 Å². The Labute approximate surface area is 127 Å². The molecule has 1 amide bonds. The number of anilines is 1. The molecule has 2 aromatic rings. The van der Waals surface area contributed by atoms with Gasteiger partial charge in [0.05, 0.1) is 0 Å². The Kier molecular flexibility index (Phi) is 5.43. The monoisotopic (exact) mass is 299 g/mol. The third-order valence-corrected chi connectivity index (χ3v) is 2.68.